The Hall–Kier alpha value is -5.93. The Bertz CT molecular complexity index is 3000. The Morgan fingerprint density at radius 2 is 1.50 bits per heavy atom. The zero-order valence-electron chi connectivity index (χ0n) is 29.6. The number of fused-ring (bicyclic) bond motifs is 16. The third-order valence-electron chi connectivity index (χ3n) is 13.3. The van der Waals surface area contributed by atoms with E-state index < -0.39 is 0 Å². The van der Waals surface area contributed by atoms with Crippen LogP contribution in [0.25, 0.3) is 66.1 Å². The van der Waals surface area contributed by atoms with Gasteiger partial charge in [0.25, 0.3) is 0 Å². The highest BCUT2D eigenvalue weighted by Gasteiger charge is 2.51. The summed E-state index contributed by atoms with van der Waals surface area (Å²) in [7, 11) is 0. The van der Waals surface area contributed by atoms with Gasteiger partial charge in [-0.05, 0) is 93.4 Å². The lowest BCUT2D eigenvalue weighted by Crippen LogP contribution is -2.45. The van der Waals surface area contributed by atoms with E-state index in [1.165, 1.54) is 82.9 Å². The van der Waals surface area contributed by atoms with E-state index in [-0.39, 0.29) is 16.7 Å². The van der Waals surface area contributed by atoms with Gasteiger partial charge in [0.05, 0.1) is 27.8 Å². The fraction of sp³-hybridized carbons (Fsp3) is 0.163. The van der Waals surface area contributed by atoms with Crippen molar-refractivity contribution in [2.24, 2.45) is 5.92 Å². The molecule has 52 heavy (non-hydrogen) atoms. The van der Waals surface area contributed by atoms with Crippen molar-refractivity contribution in [1.29, 1.82) is 0 Å². The average molecular weight is 668 g/mol. The molecule has 3 atom stereocenters. The van der Waals surface area contributed by atoms with Crippen LogP contribution < -0.4 is 0 Å². The maximum Gasteiger partial charge on any atom is 0.122 e. The van der Waals surface area contributed by atoms with Crippen LogP contribution in [0.2, 0.25) is 0 Å². The molecular formula is C49H37N3. The van der Waals surface area contributed by atoms with E-state index in [1.807, 2.05) is 0 Å². The van der Waals surface area contributed by atoms with Crippen LogP contribution in [-0.4, -0.2) is 14.1 Å². The smallest absolute Gasteiger partial charge is 0.122 e. The summed E-state index contributed by atoms with van der Waals surface area (Å²) >= 11 is 0. The molecule has 0 N–H and O–H groups in total. The highest BCUT2D eigenvalue weighted by molar-refractivity contribution is 6.24. The van der Waals surface area contributed by atoms with E-state index in [9.17, 15) is 0 Å². The Labute approximate surface area is 302 Å². The molecule has 3 heteroatoms. The summed E-state index contributed by atoms with van der Waals surface area (Å²) in [5.41, 5.74) is 15.2. The van der Waals surface area contributed by atoms with Crippen LogP contribution in [0.5, 0.6) is 0 Å². The van der Waals surface area contributed by atoms with Crippen LogP contribution in [-0.2, 0) is 10.8 Å². The zero-order chi connectivity index (χ0) is 34.5. The molecule has 6 aromatic carbocycles. The van der Waals surface area contributed by atoms with Gasteiger partial charge < -0.3 is 4.57 Å². The van der Waals surface area contributed by atoms with Gasteiger partial charge in [0, 0.05) is 38.8 Å². The Balaban J connectivity index is 1.20. The van der Waals surface area contributed by atoms with E-state index in [0.29, 0.717) is 5.92 Å². The van der Waals surface area contributed by atoms with Gasteiger partial charge in [-0.15, -0.1) is 0 Å². The number of aromatic nitrogens is 3. The minimum absolute atomic E-state index is 0.0912. The lowest BCUT2D eigenvalue weighted by molar-refractivity contribution is 0.278. The molecule has 8 aromatic rings. The second-order valence-corrected chi connectivity index (χ2v) is 16.1. The van der Waals surface area contributed by atoms with Crippen LogP contribution in [0, 0.1) is 5.92 Å². The molecular weight excluding hydrogens is 631 g/mol. The monoisotopic (exact) mass is 667 g/mol. The minimum Gasteiger partial charge on any atom is -0.309 e. The van der Waals surface area contributed by atoms with Crippen LogP contribution in [0.4, 0.5) is 0 Å². The first kappa shape index (κ1) is 28.7. The number of rotatable bonds is 1. The van der Waals surface area contributed by atoms with Gasteiger partial charge in [0.1, 0.15) is 5.82 Å². The molecule has 0 saturated heterocycles. The quantitative estimate of drug-likeness (QED) is 0.171. The van der Waals surface area contributed by atoms with Gasteiger partial charge in [-0.25, -0.2) is 4.98 Å². The van der Waals surface area contributed by atoms with Crippen LogP contribution in [0.15, 0.2) is 151 Å². The fourth-order valence-corrected chi connectivity index (χ4v) is 10.9. The summed E-state index contributed by atoms with van der Waals surface area (Å²) in [5, 5.41) is 5.32. The Morgan fingerprint density at radius 3 is 2.42 bits per heavy atom. The molecule has 248 valence electrons. The van der Waals surface area contributed by atoms with Gasteiger partial charge in [-0.2, -0.15) is 0 Å². The van der Waals surface area contributed by atoms with Crippen molar-refractivity contribution in [3.63, 3.8) is 0 Å². The van der Waals surface area contributed by atoms with Crippen molar-refractivity contribution in [3.8, 4) is 22.5 Å². The largest absolute Gasteiger partial charge is 0.309 e. The lowest BCUT2D eigenvalue weighted by Gasteiger charge is -2.50. The maximum absolute atomic E-state index is 5.33. The van der Waals surface area contributed by atoms with Crippen LogP contribution in [0.3, 0.4) is 0 Å². The van der Waals surface area contributed by atoms with Crippen LogP contribution >= 0.6 is 0 Å². The Kier molecular flexibility index (Phi) is 5.35. The minimum atomic E-state index is -0.176. The molecule has 0 spiro atoms. The second-order valence-electron chi connectivity index (χ2n) is 16.1. The molecule has 3 aliphatic carbocycles. The lowest BCUT2D eigenvalue weighted by atomic mass is 9.55. The summed E-state index contributed by atoms with van der Waals surface area (Å²) in [6.45, 7) is 7.28. The number of benzene rings is 6. The first-order valence-corrected chi connectivity index (χ1v) is 18.7. The van der Waals surface area contributed by atoms with E-state index in [1.54, 1.807) is 0 Å². The summed E-state index contributed by atoms with van der Waals surface area (Å²) < 4.78 is 4.99. The number of hydrogen-bond acceptors (Lipinski definition) is 1. The summed E-state index contributed by atoms with van der Waals surface area (Å²) in [5.74, 6) is 1.66. The SMILES string of the molecule is CC1(C)c2ccccc2-c2c3c1cccc3cc1c2c2ccccc2n1-c1ccc2c(c1)C1(C)C3CC=CC=C3C=CC1c1nc3ccccc3n1-2. The predicted octanol–water partition coefficient (Wildman–Crippen LogP) is 12.0. The van der Waals surface area contributed by atoms with Crippen molar-refractivity contribution in [2.75, 3.05) is 0 Å². The van der Waals surface area contributed by atoms with Gasteiger partial charge in [-0.3, -0.25) is 4.57 Å². The van der Waals surface area contributed by atoms with Crippen molar-refractivity contribution in [1.82, 2.24) is 14.1 Å². The number of imidazole rings is 1. The van der Waals surface area contributed by atoms with Gasteiger partial charge in [0.2, 0.25) is 0 Å². The molecule has 12 rings (SSSR count). The summed E-state index contributed by atoms with van der Waals surface area (Å²) in [4.78, 5) is 5.33. The van der Waals surface area contributed by atoms with Crippen molar-refractivity contribution < 1.29 is 0 Å². The second kappa shape index (κ2) is 9.68. The molecule has 4 aliphatic rings. The molecule has 2 aromatic heterocycles. The number of hydrogen-bond donors (Lipinski definition) is 0. The molecule has 0 amide bonds. The highest BCUT2D eigenvalue weighted by Crippen LogP contribution is 2.58. The van der Waals surface area contributed by atoms with E-state index in [0.717, 1.165) is 17.8 Å². The van der Waals surface area contributed by atoms with Crippen molar-refractivity contribution in [2.45, 2.75) is 43.9 Å². The molecule has 0 fully saturated rings. The fourth-order valence-electron chi connectivity index (χ4n) is 10.9. The van der Waals surface area contributed by atoms with E-state index in [2.05, 4.69) is 176 Å². The normalized spacial score (nSPS) is 21.9. The van der Waals surface area contributed by atoms with Crippen molar-refractivity contribution >= 4 is 43.6 Å². The average Bonchev–Trinajstić information content (AvgIpc) is 3.72. The highest BCUT2D eigenvalue weighted by atomic mass is 15.1. The molecule has 0 bridgehead atoms. The predicted molar refractivity (Wildman–Crippen MR) is 215 cm³/mol. The third-order valence-corrected chi connectivity index (χ3v) is 13.3. The summed E-state index contributed by atoms with van der Waals surface area (Å²) in [6.07, 6.45) is 12.7. The van der Waals surface area contributed by atoms with Gasteiger partial charge >= 0.3 is 0 Å². The molecule has 3 heterocycles. The number of nitrogens with zero attached hydrogens (tertiary/aromatic N) is 3. The van der Waals surface area contributed by atoms with Gasteiger partial charge in [-0.1, -0.05) is 124 Å². The summed E-state index contributed by atoms with van der Waals surface area (Å²) in [6, 6.07) is 43.4. The third kappa shape index (κ3) is 3.36. The Morgan fingerprint density at radius 1 is 0.692 bits per heavy atom. The maximum atomic E-state index is 5.33. The molecule has 1 aliphatic heterocycles. The first-order chi connectivity index (χ1) is 25.4. The first-order valence-electron chi connectivity index (χ1n) is 18.7. The molecule has 3 nitrogen and oxygen atoms in total. The van der Waals surface area contributed by atoms with E-state index in [4.69, 9.17) is 4.98 Å². The zero-order valence-corrected chi connectivity index (χ0v) is 29.6. The molecule has 0 radical (unpaired) electrons. The topological polar surface area (TPSA) is 22.8 Å². The standard InChI is InChI=1S/C49H37N3/c1-48(2)35-18-8-5-15-32(35)46-44-30(14-12-19-36(44)48)27-43-45(46)33-16-6-10-21-40(33)51(43)31-24-26-41-38(28-31)49(3)34-17-7-4-13-29(34)23-25-37(49)47-50-39-20-9-11-22-42(39)52(41)47/h4-16,18-28,34,37H,17H2,1-3H3. The molecule has 0 saturated carbocycles. The number of allylic oxidation sites excluding steroid dienone is 6. The van der Waals surface area contributed by atoms with Crippen molar-refractivity contribution in [3.05, 3.63) is 174 Å². The molecule has 3 unspecified atom stereocenters. The van der Waals surface area contributed by atoms with E-state index >= 15 is 0 Å². The van der Waals surface area contributed by atoms with Crippen LogP contribution in [0.1, 0.15) is 55.6 Å². The van der Waals surface area contributed by atoms with Gasteiger partial charge in [0.15, 0.2) is 0 Å². The number of para-hydroxylation sites is 3.